The number of hydrogen-bond acceptors (Lipinski definition) is 4. The van der Waals surface area contributed by atoms with Crippen molar-refractivity contribution < 1.29 is 19.4 Å². The fraction of sp³-hybridized carbons (Fsp3) is 0.727. The largest absolute Gasteiger partial charge is 0.469 e. The Kier molecular flexibility index (Phi) is 10.5. The van der Waals surface area contributed by atoms with Gasteiger partial charge in [0.15, 0.2) is 5.78 Å². The Labute approximate surface area is 158 Å². The lowest BCUT2D eigenvalue weighted by molar-refractivity contribution is -0.140. The first kappa shape index (κ1) is 22.6. The number of ketones is 1. The van der Waals surface area contributed by atoms with Crippen LogP contribution in [-0.2, 0) is 14.3 Å². The second-order valence-corrected chi connectivity index (χ2v) is 7.71. The summed E-state index contributed by atoms with van der Waals surface area (Å²) >= 11 is 0. The number of hydrogen-bond donors (Lipinski definition) is 1. The van der Waals surface area contributed by atoms with Crippen LogP contribution in [0.3, 0.4) is 0 Å². The molecule has 0 saturated carbocycles. The molecule has 0 aliphatic heterocycles. The molecule has 3 unspecified atom stereocenters. The topological polar surface area (TPSA) is 63.6 Å². The lowest BCUT2D eigenvalue weighted by Crippen LogP contribution is -2.22. The highest BCUT2D eigenvalue weighted by Gasteiger charge is 2.27. The van der Waals surface area contributed by atoms with Crippen molar-refractivity contribution in [2.45, 2.75) is 83.7 Å². The third-order valence-electron chi connectivity index (χ3n) is 5.17. The van der Waals surface area contributed by atoms with Crippen LogP contribution in [0.5, 0.6) is 0 Å². The molecule has 0 fully saturated rings. The van der Waals surface area contributed by atoms with E-state index in [9.17, 15) is 14.7 Å². The van der Waals surface area contributed by atoms with Crippen molar-refractivity contribution in [1.29, 1.82) is 0 Å². The minimum Gasteiger partial charge on any atom is -0.469 e. The second-order valence-electron chi connectivity index (χ2n) is 7.71. The molecule has 0 amide bonds. The summed E-state index contributed by atoms with van der Waals surface area (Å²) in [6.45, 7) is 4.01. The molecule has 1 aliphatic carbocycles. The molecule has 3 atom stereocenters. The number of methoxy groups -OCH3 is 1. The maximum Gasteiger partial charge on any atom is 0.305 e. The lowest BCUT2D eigenvalue weighted by Gasteiger charge is -2.21. The van der Waals surface area contributed by atoms with Crippen molar-refractivity contribution in [2.75, 3.05) is 7.11 Å². The minimum atomic E-state index is -0.659. The Bertz CT molecular complexity index is 490. The first-order chi connectivity index (χ1) is 12.4. The molecule has 0 aromatic carbocycles. The van der Waals surface area contributed by atoms with Crippen molar-refractivity contribution in [3.05, 3.63) is 24.3 Å². The number of esters is 1. The molecule has 4 nitrogen and oxygen atoms in total. The van der Waals surface area contributed by atoms with Crippen LogP contribution in [0.2, 0.25) is 0 Å². The van der Waals surface area contributed by atoms with Gasteiger partial charge in [-0.25, -0.2) is 0 Å². The summed E-state index contributed by atoms with van der Waals surface area (Å²) in [5.74, 6) is 0.249. The van der Waals surface area contributed by atoms with Crippen LogP contribution in [0.1, 0.15) is 78.1 Å². The van der Waals surface area contributed by atoms with Gasteiger partial charge in [0, 0.05) is 18.3 Å². The molecule has 0 radical (unpaired) electrons. The Morgan fingerprint density at radius 3 is 2.69 bits per heavy atom. The number of carbonyl (C=O) groups excluding carboxylic acids is 2. The van der Waals surface area contributed by atoms with Gasteiger partial charge in [0.25, 0.3) is 0 Å². The Morgan fingerprint density at radius 1 is 1.27 bits per heavy atom. The van der Waals surface area contributed by atoms with E-state index in [0.717, 1.165) is 51.4 Å². The van der Waals surface area contributed by atoms with E-state index in [1.54, 1.807) is 6.08 Å². The molecule has 1 rings (SSSR count). The molecule has 0 heterocycles. The van der Waals surface area contributed by atoms with Gasteiger partial charge in [0.2, 0.25) is 0 Å². The third-order valence-corrected chi connectivity index (χ3v) is 5.17. The highest BCUT2D eigenvalue weighted by molar-refractivity contribution is 5.94. The first-order valence-electron chi connectivity index (χ1n) is 10.1. The molecular formula is C22H36O4. The Morgan fingerprint density at radius 2 is 2.00 bits per heavy atom. The van der Waals surface area contributed by atoms with Crippen LogP contribution >= 0.6 is 0 Å². The number of aliphatic hydroxyl groups is 1. The average molecular weight is 365 g/mol. The molecule has 0 aromatic heterocycles. The number of ether oxygens (including phenoxy) is 1. The highest BCUT2D eigenvalue weighted by Crippen LogP contribution is 2.29. The number of unbranched alkanes of at least 4 members (excludes halogenated alkanes) is 4. The first-order valence-corrected chi connectivity index (χ1v) is 10.1. The van der Waals surface area contributed by atoms with Gasteiger partial charge in [-0.3, -0.25) is 9.59 Å². The zero-order valence-electron chi connectivity index (χ0n) is 16.7. The predicted molar refractivity (Wildman–Crippen MR) is 105 cm³/mol. The molecular weight excluding hydrogens is 328 g/mol. The molecule has 0 aromatic rings. The molecule has 0 bridgehead atoms. The van der Waals surface area contributed by atoms with Gasteiger partial charge < -0.3 is 9.84 Å². The van der Waals surface area contributed by atoms with Gasteiger partial charge in [-0.1, -0.05) is 57.3 Å². The van der Waals surface area contributed by atoms with E-state index in [0.29, 0.717) is 12.8 Å². The van der Waals surface area contributed by atoms with E-state index in [1.165, 1.54) is 7.11 Å². The van der Waals surface area contributed by atoms with Crippen molar-refractivity contribution in [2.24, 2.45) is 11.8 Å². The van der Waals surface area contributed by atoms with Gasteiger partial charge in [0.1, 0.15) is 0 Å². The maximum absolute atomic E-state index is 12.1. The fourth-order valence-electron chi connectivity index (χ4n) is 3.41. The van der Waals surface area contributed by atoms with E-state index in [4.69, 9.17) is 0 Å². The zero-order valence-corrected chi connectivity index (χ0v) is 16.7. The number of allylic oxidation sites excluding steroid dienone is 3. The summed E-state index contributed by atoms with van der Waals surface area (Å²) in [6.07, 6.45) is 16.6. The molecule has 0 saturated heterocycles. The van der Waals surface area contributed by atoms with E-state index in [-0.39, 0.29) is 23.6 Å². The molecule has 1 aliphatic rings. The normalized spacial score (nSPS) is 22.1. The number of carbonyl (C=O) groups is 2. The SMILES string of the molecule is CCCCC(C)(O)CC=CC1C=CC(=O)C1CCCCCCC(=O)OC. The molecule has 26 heavy (non-hydrogen) atoms. The van der Waals surface area contributed by atoms with Gasteiger partial charge in [0.05, 0.1) is 12.7 Å². The van der Waals surface area contributed by atoms with E-state index in [1.807, 2.05) is 19.1 Å². The van der Waals surface area contributed by atoms with Crippen molar-refractivity contribution in [3.63, 3.8) is 0 Å². The third kappa shape index (κ3) is 8.79. The summed E-state index contributed by atoms with van der Waals surface area (Å²) in [5.41, 5.74) is -0.659. The monoisotopic (exact) mass is 364 g/mol. The van der Waals surface area contributed by atoms with E-state index >= 15 is 0 Å². The highest BCUT2D eigenvalue weighted by atomic mass is 16.5. The van der Waals surface area contributed by atoms with Crippen LogP contribution in [0.25, 0.3) is 0 Å². The van der Waals surface area contributed by atoms with Crippen LogP contribution < -0.4 is 0 Å². The van der Waals surface area contributed by atoms with Gasteiger partial charge in [-0.2, -0.15) is 0 Å². The number of rotatable bonds is 13. The maximum atomic E-state index is 12.1. The van der Waals surface area contributed by atoms with Gasteiger partial charge in [-0.15, -0.1) is 0 Å². The summed E-state index contributed by atoms with van der Waals surface area (Å²) in [4.78, 5) is 23.2. The summed E-state index contributed by atoms with van der Waals surface area (Å²) < 4.78 is 4.63. The molecule has 4 heteroatoms. The Hall–Kier alpha value is -1.42. The van der Waals surface area contributed by atoms with Crippen LogP contribution in [0.15, 0.2) is 24.3 Å². The Balaban J connectivity index is 2.32. The summed E-state index contributed by atoms with van der Waals surface area (Å²) in [5, 5.41) is 10.3. The zero-order chi connectivity index (χ0) is 19.4. The van der Waals surface area contributed by atoms with Crippen LogP contribution in [0.4, 0.5) is 0 Å². The smallest absolute Gasteiger partial charge is 0.305 e. The quantitative estimate of drug-likeness (QED) is 0.291. The van der Waals surface area contributed by atoms with Crippen molar-refractivity contribution in [3.8, 4) is 0 Å². The van der Waals surface area contributed by atoms with E-state index < -0.39 is 5.60 Å². The minimum absolute atomic E-state index is 0.0347. The van der Waals surface area contributed by atoms with Crippen LogP contribution in [0, 0.1) is 11.8 Å². The fourth-order valence-corrected chi connectivity index (χ4v) is 3.41. The molecule has 0 spiro atoms. The average Bonchev–Trinajstić information content (AvgIpc) is 2.96. The standard InChI is InChI=1S/C22H36O4/c1-4-5-16-22(2,25)17-10-11-18-14-15-20(23)19(18)12-8-6-7-9-13-21(24)26-3/h10-11,14-15,18-19,25H,4-9,12-13,16-17H2,1-3H3. The van der Waals surface area contributed by atoms with Crippen molar-refractivity contribution >= 4 is 11.8 Å². The summed E-state index contributed by atoms with van der Waals surface area (Å²) in [6, 6.07) is 0. The molecule has 148 valence electrons. The lowest BCUT2D eigenvalue weighted by atomic mass is 9.88. The second kappa shape index (κ2) is 12.1. The summed E-state index contributed by atoms with van der Waals surface area (Å²) in [7, 11) is 1.41. The van der Waals surface area contributed by atoms with Crippen LogP contribution in [-0.4, -0.2) is 29.6 Å². The van der Waals surface area contributed by atoms with Gasteiger partial charge >= 0.3 is 5.97 Å². The van der Waals surface area contributed by atoms with Crippen molar-refractivity contribution in [1.82, 2.24) is 0 Å². The van der Waals surface area contributed by atoms with E-state index in [2.05, 4.69) is 17.7 Å². The predicted octanol–water partition coefficient (Wildman–Crippen LogP) is 4.76. The molecule has 1 N–H and O–H groups in total. The van der Waals surface area contributed by atoms with Gasteiger partial charge in [-0.05, 0) is 38.7 Å².